The van der Waals surface area contributed by atoms with E-state index in [1.165, 1.54) is 6.20 Å². The Bertz CT molecular complexity index is 1440. The van der Waals surface area contributed by atoms with Crippen LogP contribution in [-0.4, -0.2) is 57.7 Å². The molecule has 37 heavy (non-hydrogen) atoms. The number of hydrogen-bond acceptors (Lipinski definition) is 7. The number of H-pyrrole nitrogens is 1. The molecule has 3 N–H and O–H groups in total. The minimum atomic E-state index is -0.384. The lowest BCUT2D eigenvalue weighted by molar-refractivity contribution is 0.102. The molecule has 0 saturated carbocycles. The topological polar surface area (TPSA) is 125 Å². The third-order valence-corrected chi connectivity index (χ3v) is 6.93. The number of benzene rings is 1. The molecule has 1 aromatic carbocycles. The highest BCUT2D eigenvalue weighted by atomic mass is 79.9. The van der Waals surface area contributed by atoms with Crippen molar-refractivity contribution in [3.05, 3.63) is 53.0 Å². The number of pyridine rings is 1. The number of carbonyl (C=O) groups excluding carboxylic acids is 2. The number of amides is 2. The van der Waals surface area contributed by atoms with Crippen molar-refractivity contribution in [1.82, 2.24) is 25.3 Å². The molecule has 0 radical (unpaired) electrons. The molecular formula is C26H28BrN7O3. The summed E-state index contributed by atoms with van der Waals surface area (Å²) in [6.45, 7) is 3.88. The molecular weight excluding hydrogens is 538 g/mol. The van der Waals surface area contributed by atoms with Crippen LogP contribution in [0.3, 0.4) is 0 Å². The number of aromatic nitrogens is 4. The van der Waals surface area contributed by atoms with Gasteiger partial charge in [0.15, 0.2) is 0 Å². The summed E-state index contributed by atoms with van der Waals surface area (Å²) < 4.78 is 6.09. The van der Waals surface area contributed by atoms with E-state index in [1.807, 2.05) is 24.3 Å². The van der Waals surface area contributed by atoms with Crippen LogP contribution in [-0.2, 0) is 4.74 Å². The molecule has 4 heterocycles. The van der Waals surface area contributed by atoms with E-state index in [4.69, 9.17) is 4.74 Å². The molecule has 1 unspecified atom stereocenters. The zero-order valence-corrected chi connectivity index (χ0v) is 22.0. The monoisotopic (exact) mass is 565 g/mol. The lowest BCUT2D eigenvalue weighted by Crippen LogP contribution is -2.48. The zero-order valence-electron chi connectivity index (χ0n) is 20.5. The van der Waals surface area contributed by atoms with Crippen molar-refractivity contribution in [1.29, 1.82) is 0 Å². The van der Waals surface area contributed by atoms with Crippen molar-refractivity contribution in [3.8, 4) is 0 Å². The Morgan fingerprint density at radius 2 is 2.05 bits per heavy atom. The lowest BCUT2D eigenvalue weighted by Gasteiger charge is -2.35. The van der Waals surface area contributed by atoms with Crippen LogP contribution in [0.1, 0.15) is 43.1 Å². The van der Waals surface area contributed by atoms with Gasteiger partial charge in [-0.05, 0) is 47.3 Å². The highest BCUT2D eigenvalue weighted by Gasteiger charge is 2.27. The Balaban J connectivity index is 1.38. The van der Waals surface area contributed by atoms with Crippen molar-refractivity contribution in [3.63, 3.8) is 0 Å². The average molecular weight is 566 g/mol. The Morgan fingerprint density at radius 3 is 2.89 bits per heavy atom. The van der Waals surface area contributed by atoms with Crippen LogP contribution in [0.4, 0.5) is 16.2 Å². The number of ether oxygens (including phenoxy) is 1. The van der Waals surface area contributed by atoms with Gasteiger partial charge in [0.2, 0.25) is 0 Å². The Hall–Kier alpha value is -3.73. The highest BCUT2D eigenvalue weighted by Crippen LogP contribution is 2.39. The zero-order chi connectivity index (χ0) is 25.8. The van der Waals surface area contributed by atoms with Gasteiger partial charge in [-0.3, -0.25) is 9.78 Å². The molecule has 1 saturated heterocycles. The second kappa shape index (κ2) is 11.1. The van der Waals surface area contributed by atoms with Gasteiger partial charge >= 0.3 is 6.09 Å². The summed E-state index contributed by atoms with van der Waals surface area (Å²) >= 11 is 3.66. The van der Waals surface area contributed by atoms with Crippen LogP contribution in [0, 0.1) is 0 Å². The summed E-state index contributed by atoms with van der Waals surface area (Å²) in [5.74, 6) is -0.363. The number of nitrogens with zero attached hydrogens (tertiary/aromatic N) is 4. The van der Waals surface area contributed by atoms with Crippen LogP contribution in [0.5, 0.6) is 0 Å². The van der Waals surface area contributed by atoms with Gasteiger partial charge in [0, 0.05) is 31.5 Å². The number of hydrogen-bond donors (Lipinski definition) is 3. The van der Waals surface area contributed by atoms with Crippen LogP contribution in [0.2, 0.25) is 0 Å². The van der Waals surface area contributed by atoms with E-state index >= 15 is 0 Å². The molecule has 1 aliphatic rings. The van der Waals surface area contributed by atoms with E-state index in [1.54, 1.807) is 12.4 Å². The number of carbonyl (C=O) groups is 2. The van der Waals surface area contributed by atoms with Crippen LogP contribution < -0.4 is 15.5 Å². The fourth-order valence-corrected chi connectivity index (χ4v) is 5.08. The van der Waals surface area contributed by atoms with E-state index in [9.17, 15) is 9.59 Å². The number of piperidine rings is 1. The maximum atomic E-state index is 13.1. The molecule has 1 fully saturated rings. The third kappa shape index (κ3) is 5.51. The summed E-state index contributed by atoms with van der Waals surface area (Å²) in [5, 5.41) is 6.75. The lowest BCUT2D eigenvalue weighted by atomic mass is 10.0. The first-order chi connectivity index (χ1) is 18.0. The fourth-order valence-electron chi connectivity index (χ4n) is 4.53. The average Bonchev–Trinajstić information content (AvgIpc) is 3.31. The number of fused-ring (bicyclic) bond motifs is 2. The van der Waals surface area contributed by atoms with Gasteiger partial charge in [-0.2, -0.15) is 0 Å². The van der Waals surface area contributed by atoms with Crippen LogP contribution >= 0.6 is 15.9 Å². The fraction of sp³-hybridized carbons (Fsp3) is 0.346. The summed E-state index contributed by atoms with van der Waals surface area (Å²) in [6, 6.07) is 7.36. The van der Waals surface area contributed by atoms with Crippen molar-refractivity contribution in [2.75, 3.05) is 29.9 Å². The Labute approximate surface area is 222 Å². The van der Waals surface area contributed by atoms with E-state index in [2.05, 4.69) is 58.3 Å². The standard InChI is InChI=1S/C26H28BrN7O3/c1-2-3-11-37-26(36)31-16-7-6-10-34(15-16)23-17(27)12-29-24-22(23)20(13-30-24)33-25(35)21-14-28-18-8-4-5-9-19(18)32-21/h4-5,8-9,12-14,16H,2-3,6-7,10-11,15H2,1H3,(H,29,30)(H,31,36)(H,33,35). The maximum Gasteiger partial charge on any atom is 0.407 e. The molecule has 3 aromatic heterocycles. The molecule has 2 amide bonds. The second-order valence-electron chi connectivity index (χ2n) is 9.00. The summed E-state index contributed by atoms with van der Waals surface area (Å²) in [7, 11) is 0. The molecule has 4 aromatic rings. The molecule has 192 valence electrons. The first kappa shape index (κ1) is 24.9. The van der Waals surface area contributed by atoms with Crippen LogP contribution in [0.25, 0.3) is 22.1 Å². The SMILES string of the molecule is CCCCOC(=O)NC1CCCN(c2c(Br)cnc3[nH]cc(NC(=O)c4cnc5ccccc5n4)c23)C1. The minimum absolute atomic E-state index is 0.0529. The number of nitrogens with one attached hydrogen (secondary N) is 3. The predicted molar refractivity (Wildman–Crippen MR) is 146 cm³/mol. The molecule has 0 spiro atoms. The minimum Gasteiger partial charge on any atom is -0.450 e. The molecule has 1 aliphatic heterocycles. The van der Waals surface area contributed by atoms with Gasteiger partial charge in [-0.1, -0.05) is 25.5 Å². The Morgan fingerprint density at radius 1 is 1.22 bits per heavy atom. The third-order valence-electron chi connectivity index (χ3n) is 6.35. The highest BCUT2D eigenvalue weighted by molar-refractivity contribution is 9.10. The van der Waals surface area contributed by atoms with E-state index in [0.29, 0.717) is 30.0 Å². The van der Waals surface area contributed by atoms with Crippen molar-refractivity contribution >= 4 is 61.4 Å². The van der Waals surface area contributed by atoms with Gasteiger partial charge in [0.25, 0.3) is 5.91 Å². The second-order valence-corrected chi connectivity index (χ2v) is 9.85. The smallest absolute Gasteiger partial charge is 0.407 e. The van der Waals surface area contributed by atoms with Crippen molar-refractivity contribution in [2.45, 2.75) is 38.6 Å². The summed E-state index contributed by atoms with van der Waals surface area (Å²) in [4.78, 5) is 44.0. The molecule has 0 aliphatic carbocycles. The first-order valence-corrected chi connectivity index (χ1v) is 13.2. The van der Waals surface area contributed by atoms with Crippen LogP contribution in [0.15, 0.2) is 47.3 Å². The van der Waals surface area contributed by atoms with Gasteiger partial charge in [-0.15, -0.1) is 0 Å². The number of alkyl carbamates (subject to hydrolysis) is 1. The molecule has 0 bridgehead atoms. The molecule has 5 rings (SSSR count). The number of unbranched alkanes of at least 4 members (excludes halogenated alkanes) is 1. The summed E-state index contributed by atoms with van der Waals surface area (Å²) in [6.07, 6.45) is 8.14. The predicted octanol–water partition coefficient (Wildman–Crippen LogP) is 5.02. The molecule has 1 atom stereocenters. The Kier molecular flexibility index (Phi) is 7.50. The van der Waals surface area contributed by atoms with Gasteiger partial charge in [0.1, 0.15) is 11.3 Å². The number of halogens is 1. The largest absolute Gasteiger partial charge is 0.450 e. The number of aromatic amines is 1. The number of rotatable bonds is 7. The molecule has 10 nitrogen and oxygen atoms in total. The van der Waals surface area contributed by atoms with Crippen molar-refractivity contribution < 1.29 is 14.3 Å². The van der Waals surface area contributed by atoms with E-state index in [0.717, 1.165) is 53.3 Å². The maximum absolute atomic E-state index is 13.1. The van der Waals surface area contributed by atoms with Gasteiger partial charge in [0.05, 0.1) is 45.1 Å². The number of anilines is 2. The van der Waals surface area contributed by atoms with Crippen molar-refractivity contribution in [2.24, 2.45) is 0 Å². The summed E-state index contributed by atoms with van der Waals surface area (Å²) in [5.41, 5.74) is 3.74. The number of para-hydroxylation sites is 2. The normalized spacial score (nSPS) is 15.6. The van der Waals surface area contributed by atoms with Gasteiger partial charge < -0.3 is 25.3 Å². The molecule has 11 heteroatoms. The first-order valence-electron chi connectivity index (χ1n) is 12.4. The quantitative estimate of drug-likeness (QED) is 0.269. The van der Waals surface area contributed by atoms with E-state index in [-0.39, 0.29) is 23.7 Å². The van der Waals surface area contributed by atoms with E-state index < -0.39 is 0 Å². The van der Waals surface area contributed by atoms with Gasteiger partial charge in [-0.25, -0.2) is 14.8 Å².